The Bertz CT molecular complexity index is 423. The molecule has 0 aromatic heterocycles. The van der Waals surface area contributed by atoms with Gasteiger partial charge < -0.3 is 0 Å². The van der Waals surface area contributed by atoms with Gasteiger partial charge in [0.15, 0.2) is 0 Å². The number of halogens is 3. The quantitative estimate of drug-likeness (QED) is 0.686. The molecule has 1 aliphatic rings. The molecule has 1 atom stereocenters. The fourth-order valence-corrected chi connectivity index (χ4v) is 3.66. The van der Waals surface area contributed by atoms with Crippen LogP contribution in [0.4, 0.5) is 13.2 Å². The Hall–Kier alpha value is -0.750. The van der Waals surface area contributed by atoms with Gasteiger partial charge in [0.1, 0.15) is 0 Å². The van der Waals surface area contributed by atoms with E-state index in [2.05, 4.69) is 3.77 Å². The number of benzene rings is 1. The normalized spacial score (nSPS) is 21.0. The molecule has 1 heterocycles. The second-order valence-corrected chi connectivity index (χ2v) is 5.27. The maximum atomic E-state index is 12.6. The van der Waals surface area contributed by atoms with E-state index in [0.717, 1.165) is 11.9 Å². The van der Waals surface area contributed by atoms with Crippen molar-refractivity contribution in [3.8, 4) is 0 Å². The Morgan fingerprint density at radius 2 is 1.80 bits per heavy atom. The second kappa shape index (κ2) is 4.02. The number of nitrogens with zero attached hydrogens (tertiary/aromatic N) is 1. The molecular weight excluding hydrogens is 243 g/mol. The molecule has 0 radical (unpaired) electrons. The molecule has 1 unspecified atom stereocenters. The van der Waals surface area contributed by atoms with Gasteiger partial charge in [0, 0.05) is 33.0 Å². The smallest absolute Gasteiger partial charge is 0.177 e. The molecule has 0 fully saturated rings. The van der Waals surface area contributed by atoms with E-state index in [4.69, 9.17) is 0 Å². The van der Waals surface area contributed by atoms with Crippen LogP contribution in [0, 0.1) is 0 Å². The van der Waals surface area contributed by atoms with Crippen molar-refractivity contribution in [1.82, 2.24) is 0 Å². The lowest BCUT2D eigenvalue weighted by Gasteiger charge is -2.10. The Labute approximate surface area is 91.6 Å². The van der Waals surface area contributed by atoms with Crippen LogP contribution >= 0.6 is 11.9 Å². The summed E-state index contributed by atoms with van der Waals surface area (Å²) in [6, 6.07) is 8.54. The zero-order valence-corrected chi connectivity index (χ0v) is 8.99. The topological polar surface area (TPSA) is 12.4 Å². The van der Waals surface area contributed by atoms with Crippen LogP contribution in [-0.2, 0) is 10.7 Å². The second-order valence-electron chi connectivity index (χ2n) is 2.76. The van der Waals surface area contributed by atoms with Gasteiger partial charge in [-0.3, -0.25) is 0 Å². The van der Waals surface area contributed by atoms with Crippen LogP contribution in [-0.4, -0.2) is 5.51 Å². The van der Waals surface area contributed by atoms with E-state index in [0.29, 0.717) is 5.56 Å². The predicted molar refractivity (Wildman–Crippen MR) is 57.9 cm³/mol. The molecule has 1 aliphatic heterocycles. The molecule has 1 aromatic carbocycles. The Kier molecular flexibility index (Phi) is 2.88. The Balaban J connectivity index is 2.37. The van der Waals surface area contributed by atoms with E-state index >= 15 is 0 Å². The van der Waals surface area contributed by atoms with E-state index in [1.165, 1.54) is 5.41 Å². The molecule has 1 nitrogen and oxygen atoms in total. The highest BCUT2D eigenvalue weighted by atomic mass is 32.2. The highest BCUT2D eigenvalue weighted by molar-refractivity contribution is 8.14. The molecule has 0 N–H and O–H groups in total. The first-order chi connectivity index (χ1) is 7.09. The van der Waals surface area contributed by atoms with Gasteiger partial charge in [-0.15, -0.1) is 0 Å². The van der Waals surface area contributed by atoms with Gasteiger partial charge in [0.05, 0.1) is 0 Å². The predicted octanol–water partition coefficient (Wildman–Crippen LogP) is 3.97. The standard InChI is InChI=1S/C9H6F3NS2/c10-9(11,12)15-8(6-14-13-15)7-4-2-1-3-5-7/h1-6H. The third-order valence-corrected chi connectivity index (χ3v) is 4.40. The zero-order valence-electron chi connectivity index (χ0n) is 7.36. The summed E-state index contributed by atoms with van der Waals surface area (Å²) in [5.41, 5.74) is -3.68. The van der Waals surface area contributed by atoms with Crippen molar-refractivity contribution in [2.24, 2.45) is 3.77 Å². The lowest BCUT2D eigenvalue weighted by molar-refractivity contribution is -0.0343. The van der Waals surface area contributed by atoms with E-state index in [1.807, 2.05) is 0 Å². The first kappa shape index (κ1) is 10.8. The number of hydrogen-bond donors (Lipinski definition) is 0. The Morgan fingerprint density at radius 1 is 1.13 bits per heavy atom. The summed E-state index contributed by atoms with van der Waals surface area (Å²) in [4.78, 5) is 0.258. The van der Waals surface area contributed by atoms with Crippen molar-refractivity contribution in [3.63, 3.8) is 0 Å². The molecule has 0 saturated heterocycles. The summed E-state index contributed by atoms with van der Waals surface area (Å²) in [6.45, 7) is 0. The molecule has 0 aliphatic carbocycles. The van der Waals surface area contributed by atoms with Crippen molar-refractivity contribution >= 4 is 27.5 Å². The fourth-order valence-electron chi connectivity index (χ4n) is 1.15. The van der Waals surface area contributed by atoms with Gasteiger partial charge in [0.25, 0.3) is 0 Å². The van der Waals surface area contributed by atoms with Gasteiger partial charge in [-0.25, -0.2) is 0 Å². The third kappa shape index (κ3) is 2.26. The third-order valence-electron chi connectivity index (χ3n) is 1.76. The maximum Gasteiger partial charge on any atom is 0.457 e. The van der Waals surface area contributed by atoms with Crippen LogP contribution in [0.2, 0.25) is 0 Å². The van der Waals surface area contributed by atoms with Gasteiger partial charge in [-0.2, -0.15) is 16.9 Å². The van der Waals surface area contributed by atoms with Crippen LogP contribution in [0.15, 0.2) is 39.5 Å². The van der Waals surface area contributed by atoms with Crippen molar-refractivity contribution in [3.05, 3.63) is 41.3 Å². The van der Waals surface area contributed by atoms with Gasteiger partial charge >= 0.3 is 5.51 Å². The molecule has 0 saturated carbocycles. The monoisotopic (exact) mass is 249 g/mol. The van der Waals surface area contributed by atoms with E-state index in [-0.39, 0.29) is 4.91 Å². The lowest BCUT2D eigenvalue weighted by atomic mass is 10.2. The summed E-state index contributed by atoms with van der Waals surface area (Å²) in [6.07, 6.45) is 0. The molecule has 0 bridgehead atoms. The fraction of sp³-hybridized carbons (Fsp3) is 0.111. The minimum Gasteiger partial charge on any atom is -0.177 e. The number of rotatable bonds is 1. The van der Waals surface area contributed by atoms with Crippen LogP contribution in [0.1, 0.15) is 5.56 Å². The van der Waals surface area contributed by atoms with E-state index < -0.39 is 16.2 Å². The molecule has 80 valence electrons. The average Bonchev–Trinajstić information content (AvgIpc) is 2.67. The van der Waals surface area contributed by atoms with Crippen molar-refractivity contribution in [2.75, 3.05) is 0 Å². The van der Waals surface area contributed by atoms with Gasteiger partial charge in [0.2, 0.25) is 0 Å². The maximum absolute atomic E-state index is 12.6. The molecule has 0 spiro atoms. The SMILES string of the molecule is FC(F)(F)S1=NSC=C1c1ccccc1. The lowest BCUT2D eigenvalue weighted by Crippen LogP contribution is -2.15. The number of alkyl halides is 3. The summed E-state index contributed by atoms with van der Waals surface area (Å²) >= 11 is 0.867. The summed E-state index contributed by atoms with van der Waals surface area (Å²) in [5.74, 6) is 0. The van der Waals surface area contributed by atoms with Gasteiger partial charge in [-0.1, -0.05) is 30.3 Å². The highest BCUT2D eigenvalue weighted by Gasteiger charge is 2.39. The van der Waals surface area contributed by atoms with E-state index in [9.17, 15) is 13.2 Å². The average molecular weight is 249 g/mol. The molecule has 15 heavy (non-hydrogen) atoms. The summed E-state index contributed by atoms with van der Waals surface area (Å²) in [7, 11) is -1.98. The molecular formula is C9H6F3NS2. The summed E-state index contributed by atoms with van der Waals surface area (Å²) in [5, 5.41) is 1.46. The largest absolute Gasteiger partial charge is 0.457 e. The molecule has 2 rings (SSSR count). The van der Waals surface area contributed by atoms with Crippen molar-refractivity contribution in [1.29, 1.82) is 0 Å². The zero-order chi connectivity index (χ0) is 10.9. The first-order valence-corrected chi connectivity index (χ1v) is 6.04. The number of hydrogen-bond acceptors (Lipinski definition) is 2. The Morgan fingerprint density at radius 3 is 2.40 bits per heavy atom. The first-order valence-electron chi connectivity index (χ1n) is 4.03. The minimum absolute atomic E-state index is 0.258. The molecule has 1 aromatic rings. The highest BCUT2D eigenvalue weighted by Crippen LogP contribution is 2.40. The van der Waals surface area contributed by atoms with Crippen molar-refractivity contribution in [2.45, 2.75) is 5.51 Å². The summed E-state index contributed by atoms with van der Waals surface area (Å²) < 4.78 is 41.2. The van der Waals surface area contributed by atoms with Gasteiger partial charge in [-0.05, 0) is 5.56 Å². The van der Waals surface area contributed by atoms with Crippen LogP contribution in [0.25, 0.3) is 4.91 Å². The van der Waals surface area contributed by atoms with Crippen LogP contribution in [0.3, 0.4) is 0 Å². The molecule has 6 heteroatoms. The van der Waals surface area contributed by atoms with Crippen molar-refractivity contribution < 1.29 is 13.2 Å². The van der Waals surface area contributed by atoms with E-state index in [1.54, 1.807) is 30.3 Å². The molecule has 0 amide bonds. The van der Waals surface area contributed by atoms with Crippen LogP contribution < -0.4 is 0 Å². The minimum atomic E-state index is -4.27. The van der Waals surface area contributed by atoms with Crippen LogP contribution in [0.5, 0.6) is 0 Å².